The minimum Gasteiger partial charge on any atom is -0.396 e. The van der Waals surface area contributed by atoms with Crippen molar-refractivity contribution in [1.82, 2.24) is 0 Å². The van der Waals surface area contributed by atoms with Gasteiger partial charge >= 0.3 is 0 Å². The standard InChI is InChI=1S/C29H48O3/c1-21(9-6-14-27(2,3)32-20-31-5)25-12-13-26-22(10-7-15-28(25,26)4)17-24(19-30)29-16-8-11-23(29)18-29/h8,16-17,21,23-26,30H,6-7,9-15,18-20H2,1-5H3/b22-17+/t21-,23-,24+,25-,26+,28-,29-/m1/s1. The van der Waals surface area contributed by atoms with Gasteiger partial charge < -0.3 is 14.6 Å². The maximum absolute atomic E-state index is 10.3. The molecule has 182 valence electrons. The number of methoxy groups -OCH3 is 1. The molecule has 0 heterocycles. The van der Waals surface area contributed by atoms with Gasteiger partial charge in [-0.25, -0.2) is 0 Å². The Hall–Kier alpha value is -0.640. The van der Waals surface area contributed by atoms with E-state index in [0.717, 1.165) is 30.1 Å². The Labute approximate surface area is 197 Å². The Morgan fingerprint density at radius 1 is 1.31 bits per heavy atom. The summed E-state index contributed by atoms with van der Waals surface area (Å²) in [6, 6.07) is 0. The number of aliphatic hydroxyl groups excluding tert-OH is 1. The van der Waals surface area contributed by atoms with Gasteiger partial charge in [0.1, 0.15) is 6.79 Å². The molecule has 0 saturated heterocycles. The molecule has 4 aliphatic rings. The molecular weight excluding hydrogens is 396 g/mol. The van der Waals surface area contributed by atoms with E-state index < -0.39 is 0 Å². The van der Waals surface area contributed by atoms with Gasteiger partial charge in [0.25, 0.3) is 0 Å². The van der Waals surface area contributed by atoms with Crippen molar-refractivity contribution < 1.29 is 14.6 Å². The van der Waals surface area contributed by atoms with Crippen LogP contribution in [0.25, 0.3) is 0 Å². The molecule has 0 aromatic carbocycles. The second-order valence-corrected chi connectivity index (χ2v) is 12.5. The third kappa shape index (κ3) is 4.64. The molecule has 3 heteroatoms. The summed E-state index contributed by atoms with van der Waals surface area (Å²) in [7, 11) is 1.69. The number of allylic oxidation sites excluding steroid dienone is 3. The summed E-state index contributed by atoms with van der Waals surface area (Å²) >= 11 is 0. The lowest BCUT2D eigenvalue weighted by molar-refractivity contribution is -0.118. The van der Waals surface area contributed by atoms with E-state index in [4.69, 9.17) is 9.47 Å². The molecule has 0 aliphatic heterocycles. The molecule has 0 unspecified atom stereocenters. The van der Waals surface area contributed by atoms with Crippen LogP contribution < -0.4 is 0 Å². The van der Waals surface area contributed by atoms with Crippen LogP contribution in [0.4, 0.5) is 0 Å². The lowest BCUT2D eigenvalue weighted by Crippen LogP contribution is -2.36. The maximum Gasteiger partial charge on any atom is 0.147 e. The molecule has 3 nitrogen and oxygen atoms in total. The summed E-state index contributed by atoms with van der Waals surface area (Å²) < 4.78 is 11.0. The zero-order valence-electron chi connectivity index (χ0n) is 21.4. The normalized spacial score (nSPS) is 39.2. The Balaban J connectivity index is 1.38. The Morgan fingerprint density at radius 2 is 2.12 bits per heavy atom. The van der Waals surface area contributed by atoms with Crippen LogP contribution in [0.1, 0.15) is 91.9 Å². The molecule has 0 aromatic heterocycles. The molecule has 4 rings (SSSR count). The van der Waals surface area contributed by atoms with Crippen molar-refractivity contribution in [1.29, 1.82) is 0 Å². The Morgan fingerprint density at radius 3 is 2.78 bits per heavy atom. The highest BCUT2D eigenvalue weighted by molar-refractivity contribution is 5.29. The third-order valence-corrected chi connectivity index (χ3v) is 10.1. The largest absolute Gasteiger partial charge is 0.396 e. The van der Waals surface area contributed by atoms with E-state index in [9.17, 15) is 5.11 Å². The van der Waals surface area contributed by atoms with E-state index in [1.165, 1.54) is 57.8 Å². The highest BCUT2D eigenvalue weighted by Crippen LogP contribution is 2.66. The van der Waals surface area contributed by atoms with Crippen molar-refractivity contribution in [2.24, 2.45) is 40.4 Å². The summed E-state index contributed by atoms with van der Waals surface area (Å²) in [5, 5.41) is 10.3. The first-order valence-corrected chi connectivity index (χ1v) is 13.4. The van der Waals surface area contributed by atoms with Crippen LogP contribution in [-0.2, 0) is 9.47 Å². The van der Waals surface area contributed by atoms with Gasteiger partial charge in [-0.15, -0.1) is 0 Å². The molecule has 7 atom stereocenters. The SMILES string of the molecule is COCOC(C)(C)CCC[C@@H](C)[C@H]1CC[C@H]2/C(=C/[C@@H](CO)[C@@]34C=CC[C@@H]3C4)CCC[C@]12C. The third-order valence-electron chi connectivity index (χ3n) is 10.1. The van der Waals surface area contributed by atoms with Gasteiger partial charge in [0.05, 0.1) is 12.2 Å². The topological polar surface area (TPSA) is 38.7 Å². The zero-order chi connectivity index (χ0) is 23.0. The molecule has 0 radical (unpaired) electrons. The number of fused-ring (bicyclic) bond motifs is 2. The number of aliphatic hydroxyl groups is 1. The monoisotopic (exact) mass is 444 g/mol. The van der Waals surface area contributed by atoms with Crippen molar-refractivity contribution >= 4 is 0 Å². The molecule has 3 fully saturated rings. The van der Waals surface area contributed by atoms with E-state index in [0.29, 0.717) is 30.1 Å². The fourth-order valence-electron chi connectivity index (χ4n) is 8.10. The van der Waals surface area contributed by atoms with Crippen molar-refractivity contribution in [3.8, 4) is 0 Å². The molecule has 3 saturated carbocycles. The molecule has 0 amide bonds. The van der Waals surface area contributed by atoms with Gasteiger partial charge in [0.15, 0.2) is 0 Å². The second-order valence-electron chi connectivity index (χ2n) is 12.5. The van der Waals surface area contributed by atoms with E-state index in [1.54, 1.807) is 12.7 Å². The van der Waals surface area contributed by atoms with Gasteiger partial charge in [-0.1, -0.05) is 50.5 Å². The second kappa shape index (κ2) is 9.55. The predicted octanol–water partition coefficient (Wildman–Crippen LogP) is 6.91. The molecule has 4 aliphatic carbocycles. The Bertz CT molecular complexity index is 709. The van der Waals surface area contributed by atoms with Crippen molar-refractivity contribution in [2.45, 2.75) is 97.5 Å². The highest BCUT2D eigenvalue weighted by atomic mass is 16.7. The molecule has 1 N–H and O–H groups in total. The van der Waals surface area contributed by atoms with Crippen LogP contribution in [0.5, 0.6) is 0 Å². The van der Waals surface area contributed by atoms with Gasteiger partial charge in [-0.05, 0) is 94.3 Å². The van der Waals surface area contributed by atoms with Crippen molar-refractivity contribution in [3.05, 3.63) is 23.8 Å². The minimum absolute atomic E-state index is 0.104. The van der Waals surface area contributed by atoms with Crippen molar-refractivity contribution in [2.75, 3.05) is 20.5 Å². The summed E-state index contributed by atoms with van der Waals surface area (Å²) in [6.45, 7) is 10.2. The number of hydrogen-bond acceptors (Lipinski definition) is 3. The van der Waals surface area contributed by atoms with Gasteiger partial charge in [0.2, 0.25) is 0 Å². The fraction of sp³-hybridized carbons (Fsp3) is 0.862. The van der Waals surface area contributed by atoms with Crippen molar-refractivity contribution in [3.63, 3.8) is 0 Å². The lowest BCUT2D eigenvalue weighted by Gasteiger charge is -2.45. The summed E-state index contributed by atoms with van der Waals surface area (Å²) in [5.41, 5.74) is 2.34. The van der Waals surface area contributed by atoms with Crippen LogP contribution in [0.15, 0.2) is 23.8 Å². The molecule has 32 heavy (non-hydrogen) atoms. The fourth-order valence-corrected chi connectivity index (χ4v) is 8.10. The summed E-state index contributed by atoms with van der Waals surface area (Å²) in [4.78, 5) is 0. The van der Waals surface area contributed by atoms with E-state index >= 15 is 0 Å². The lowest BCUT2D eigenvalue weighted by atomic mass is 9.60. The quantitative estimate of drug-likeness (QED) is 0.278. The van der Waals surface area contributed by atoms with Crippen LogP contribution >= 0.6 is 0 Å². The predicted molar refractivity (Wildman–Crippen MR) is 131 cm³/mol. The number of ether oxygens (including phenoxy) is 2. The first-order valence-electron chi connectivity index (χ1n) is 13.4. The average molecular weight is 445 g/mol. The van der Waals surface area contributed by atoms with Gasteiger partial charge in [-0.2, -0.15) is 0 Å². The summed E-state index contributed by atoms with van der Waals surface area (Å²) in [6.07, 6.45) is 20.2. The molecule has 0 bridgehead atoms. The molecular formula is C29H48O3. The molecule has 0 spiro atoms. The van der Waals surface area contributed by atoms with Gasteiger partial charge in [-0.3, -0.25) is 0 Å². The van der Waals surface area contributed by atoms with Crippen LogP contribution in [0, 0.1) is 40.4 Å². The zero-order valence-corrected chi connectivity index (χ0v) is 21.4. The average Bonchev–Trinajstić information content (AvgIpc) is 3.12. The smallest absolute Gasteiger partial charge is 0.147 e. The first kappa shape index (κ1) is 24.5. The van der Waals surface area contributed by atoms with E-state index in [-0.39, 0.29) is 5.60 Å². The van der Waals surface area contributed by atoms with E-state index in [1.807, 2.05) is 0 Å². The summed E-state index contributed by atoms with van der Waals surface area (Å²) in [5.74, 6) is 3.47. The number of rotatable bonds is 11. The number of hydrogen-bond donors (Lipinski definition) is 1. The van der Waals surface area contributed by atoms with Crippen LogP contribution in [0.3, 0.4) is 0 Å². The maximum atomic E-state index is 10.3. The highest BCUT2D eigenvalue weighted by Gasteiger charge is 2.58. The first-order chi connectivity index (χ1) is 15.3. The molecule has 0 aromatic rings. The van der Waals surface area contributed by atoms with E-state index in [2.05, 4.69) is 45.9 Å². The van der Waals surface area contributed by atoms with Gasteiger partial charge in [0, 0.05) is 18.4 Å². The van der Waals surface area contributed by atoms with Crippen LogP contribution in [0.2, 0.25) is 0 Å². The minimum atomic E-state index is -0.104. The Kier molecular flexibility index (Phi) is 7.30. The van der Waals surface area contributed by atoms with Crippen LogP contribution in [-0.4, -0.2) is 31.2 Å².